The van der Waals surface area contributed by atoms with E-state index in [1.807, 2.05) is 0 Å². The molecule has 0 aliphatic carbocycles. The van der Waals surface area contributed by atoms with E-state index in [0.717, 1.165) is 19.4 Å². The molecule has 2 aromatic carbocycles. The molecule has 0 bridgehead atoms. The zero-order valence-corrected chi connectivity index (χ0v) is 15.0. The van der Waals surface area contributed by atoms with Crippen LogP contribution in [0.15, 0.2) is 48.5 Å². The molecule has 1 atom stereocenters. The van der Waals surface area contributed by atoms with Gasteiger partial charge in [0.2, 0.25) is 0 Å². The van der Waals surface area contributed by atoms with Crippen LogP contribution in [0.5, 0.6) is 5.75 Å². The van der Waals surface area contributed by atoms with Crippen molar-refractivity contribution in [2.75, 3.05) is 19.8 Å². The Bertz CT molecular complexity index is 752. The lowest BCUT2D eigenvalue weighted by Gasteiger charge is -2.11. The lowest BCUT2D eigenvalue weighted by atomic mass is 10.0. The minimum Gasteiger partial charge on any atom is -0.484 e. The molecule has 1 amide bonds. The Labute approximate surface area is 157 Å². The highest BCUT2D eigenvalue weighted by Crippen LogP contribution is 2.17. The molecule has 1 fully saturated rings. The number of carbonyl (C=O) groups is 2. The number of ether oxygens (including phenoxy) is 2. The number of benzene rings is 2. The molecule has 5 nitrogen and oxygen atoms in total. The van der Waals surface area contributed by atoms with Crippen molar-refractivity contribution >= 4 is 23.3 Å². The second-order valence-corrected chi connectivity index (χ2v) is 6.52. The van der Waals surface area contributed by atoms with Crippen LogP contribution in [0.1, 0.15) is 28.8 Å². The molecule has 1 aliphatic heterocycles. The van der Waals surface area contributed by atoms with Gasteiger partial charge in [-0.15, -0.1) is 0 Å². The topological polar surface area (TPSA) is 64.6 Å². The van der Waals surface area contributed by atoms with Crippen molar-refractivity contribution in [3.05, 3.63) is 64.7 Å². The molecule has 1 N–H and O–H groups in total. The van der Waals surface area contributed by atoms with E-state index in [0.29, 0.717) is 28.4 Å². The Morgan fingerprint density at radius 3 is 2.35 bits per heavy atom. The van der Waals surface area contributed by atoms with Crippen LogP contribution in [0.4, 0.5) is 0 Å². The summed E-state index contributed by atoms with van der Waals surface area (Å²) in [5.41, 5.74) is 1.11. The minimum absolute atomic E-state index is 0.0722. The molecule has 3 rings (SSSR count). The largest absolute Gasteiger partial charge is 0.484 e. The average Bonchev–Trinajstić information content (AvgIpc) is 3.19. The van der Waals surface area contributed by atoms with Gasteiger partial charge in [-0.3, -0.25) is 9.59 Å². The summed E-state index contributed by atoms with van der Waals surface area (Å²) in [7, 11) is 0. The predicted molar refractivity (Wildman–Crippen MR) is 98.8 cm³/mol. The Kier molecular flexibility index (Phi) is 6.26. The molecule has 136 valence electrons. The molecule has 6 heteroatoms. The SMILES string of the molecule is O=C(COc1ccc(C(=O)c2ccc(Cl)cc2)cc1)NC[C@@H]1CCCO1. The summed E-state index contributed by atoms with van der Waals surface area (Å²) in [4.78, 5) is 24.2. The maximum absolute atomic E-state index is 12.4. The van der Waals surface area contributed by atoms with E-state index in [4.69, 9.17) is 21.1 Å². The number of nitrogens with one attached hydrogen (secondary N) is 1. The fraction of sp³-hybridized carbons (Fsp3) is 0.300. The molecule has 2 aromatic rings. The molecule has 0 saturated carbocycles. The van der Waals surface area contributed by atoms with Gasteiger partial charge in [-0.05, 0) is 61.4 Å². The van der Waals surface area contributed by atoms with Gasteiger partial charge in [0.25, 0.3) is 5.91 Å². The third kappa shape index (κ3) is 5.07. The summed E-state index contributed by atoms with van der Waals surface area (Å²) in [6.45, 7) is 1.20. The minimum atomic E-state index is -0.193. The first kappa shape index (κ1) is 18.4. The molecule has 0 aromatic heterocycles. The van der Waals surface area contributed by atoms with Gasteiger partial charge >= 0.3 is 0 Å². The Morgan fingerprint density at radius 1 is 1.08 bits per heavy atom. The molecule has 0 unspecified atom stereocenters. The smallest absolute Gasteiger partial charge is 0.258 e. The zero-order chi connectivity index (χ0) is 18.4. The van der Waals surface area contributed by atoms with Crippen molar-refractivity contribution in [2.24, 2.45) is 0 Å². The molecular weight excluding hydrogens is 354 g/mol. The van der Waals surface area contributed by atoms with E-state index in [1.54, 1.807) is 48.5 Å². The number of ketones is 1. The number of hydrogen-bond donors (Lipinski definition) is 1. The first-order valence-electron chi connectivity index (χ1n) is 8.53. The van der Waals surface area contributed by atoms with Gasteiger partial charge in [0, 0.05) is 29.3 Å². The molecule has 26 heavy (non-hydrogen) atoms. The summed E-state index contributed by atoms with van der Waals surface area (Å²) in [6, 6.07) is 13.4. The van der Waals surface area contributed by atoms with E-state index < -0.39 is 0 Å². The molecule has 1 heterocycles. The lowest BCUT2D eigenvalue weighted by Crippen LogP contribution is -2.35. The first-order valence-corrected chi connectivity index (χ1v) is 8.91. The van der Waals surface area contributed by atoms with Gasteiger partial charge < -0.3 is 14.8 Å². The van der Waals surface area contributed by atoms with Crippen LogP contribution in [0, 0.1) is 0 Å². The van der Waals surface area contributed by atoms with Crippen molar-refractivity contribution in [1.29, 1.82) is 0 Å². The van der Waals surface area contributed by atoms with E-state index in [9.17, 15) is 9.59 Å². The van der Waals surface area contributed by atoms with Crippen LogP contribution in [0.2, 0.25) is 5.02 Å². The van der Waals surface area contributed by atoms with E-state index >= 15 is 0 Å². The van der Waals surface area contributed by atoms with E-state index in [2.05, 4.69) is 5.32 Å². The normalized spacial score (nSPS) is 16.3. The summed E-state index contributed by atoms with van der Waals surface area (Å²) in [5.74, 6) is 0.245. The summed E-state index contributed by atoms with van der Waals surface area (Å²) in [6.07, 6.45) is 2.12. The van der Waals surface area contributed by atoms with Crippen LogP contribution < -0.4 is 10.1 Å². The zero-order valence-electron chi connectivity index (χ0n) is 14.2. The second kappa shape index (κ2) is 8.83. The van der Waals surface area contributed by atoms with Crippen molar-refractivity contribution in [1.82, 2.24) is 5.32 Å². The van der Waals surface area contributed by atoms with Crippen LogP contribution in [0.25, 0.3) is 0 Å². The monoisotopic (exact) mass is 373 g/mol. The van der Waals surface area contributed by atoms with Gasteiger partial charge in [0.05, 0.1) is 6.10 Å². The maximum atomic E-state index is 12.4. The Morgan fingerprint density at radius 2 is 1.73 bits per heavy atom. The third-order valence-electron chi connectivity index (χ3n) is 4.14. The van der Waals surface area contributed by atoms with Crippen LogP contribution in [-0.2, 0) is 9.53 Å². The summed E-state index contributed by atoms with van der Waals surface area (Å²) >= 11 is 5.84. The second-order valence-electron chi connectivity index (χ2n) is 6.09. The predicted octanol–water partition coefficient (Wildman–Crippen LogP) is 3.25. The number of carbonyl (C=O) groups excluding carboxylic acids is 2. The highest BCUT2D eigenvalue weighted by atomic mass is 35.5. The van der Waals surface area contributed by atoms with E-state index in [-0.39, 0.29) is 24.4 Å². The summed E-state index contributed by atoms with van der Waals surface area (Å²) in [5, 5.41) is 3.38. The van der Waals surface area contributed by atoms with Gasteiger partial charge in [-0.1, -0.05) is 11.6 Å². The highest BCUT2D eigenvalue weighted by Gasteiger charge is 2.16. The average molecular weight is 374 g/mol. The van der Waals surface area contributed by atoms with Gasteiger partial charge in [0.1, 0.15) is 5.75 Å². The first-order chi connectivity index (χ1) is 12.6. The molecule has 1 saturated heterocycles. The fourth-order valence-corrected chi connectivity index (χ4v) is 2.83. The highest BCUT2D eigenvalue weighted by molar-refractivity contribution is 6.30. The number of amides is 1. The third-order valence-corrected chi connectivity index (χ3v) is 4.40. The fourth-order valence-electron chi connectivity index (χ4n) is 2.70. The molecule has 1 aliphatic rings. The van der Waals surface area contributed by atoms with Crippen LogP contribution in [-0.4, -0.2) is 37.6 Å². The molecular formula is C20H20ClNO4. The quantitative estimate of drug-likeness (QED) is 0.757. The van der Waals surface area contributed by atoms with Crippen molar-refractivity contribution in [2.45, 2.75) is 18.9 Å². The van der Waals surface area contributed by atoms with Gasteiger partial charge in [0.15, 0.2) is 12.4 Å². The standard InChI is InChI=1S/C20H20ClNO4/c21-16-7-3-14(4-8-16)20(24)15-5-9-17(10-6-15)26-13-19(23)22-12-18-2-1-11-25-18/h3-10,18H,1-2,11-13H2,(H,22,23)/t18-/m0/s1. The number of hydrogen-bond acceptors (Lipinski definition) is 4. The molecule has 0 radical (unpaired) electrons. The summed E-state index contributed by atoms with van der Waals surface area (Å²) < 4.78 is 10.9. The number of rotatable bonds is 7. The van der Waals surface area contributed by atoms with Crippen LogP contribution >= 0.6 is 11.6 Å². The van der Waals surface area contributed by atoms with Crippen molar-refractivity contribution in [3.63, 3.8) is 0 Å². The Balaban J connectivity index is 1.48. The van der Waals surface area contributed by atoms with Gasteiger partial charge in [-0.25, -0.2) is 0 Å². The number of halogens is 1. The van der Waals surface area contributed by atoms with Crippen LogP contribution in [0.3, 0.4) is 0 Å². The Hall–Kier alpha value is -2.37. The molecule has 0 spiro atoms. The lowest BCUT2D eigenvalue weighted by molar-refractivity contribution is -0.123. The van der Waals surface area contributed by atoms with Crippen molar-refractivity contribution < 1.29 is 19.1 Å². The van der Waals surface area contributed by atoms with Crippen molar-refractivity contribution in [3.8, 4) is 5.75 Å². The van der Waals surface area contributed by atoms with E-state index in [1.165, 1.54) is 0 Å². The maximum Gasteiger partial charge on any atom is 0.258 e. The van der Waals surface area contributed by atoms with Gasteiger partial charge in [-0.2, -0.15) is 0 Å².